The van der Waals surface area contributed by atoms with Crippen molar-refractivity contribution in [2.45, 2.75) is 90.8 Å². The third kappa shape index (κ3) is 10.4. The van der Waals surface area contributed by atoms with Crippen LogP contribution in [0.3, 0.4) is 0 Å². The van der Waals surface area contributed by atoms with Crippen LogP contribution in [0.15, 0.2) is 0 Å². The van der Waals surface area contributed by atoms with Crippen molar-refractivity contribution in [1.29, 1.82) is 0 Å². The lowest BCUT2D eigenvalue weighted by Gasteiger charge is -2.30. The number of carboxylic acids is 1. The van der Waals surface area contributed by atoms with E-state index in [1.807, 2.05) is 13.8 Å². The summed E-state index contributed by atoms with van der Waals surface area (Å²) in [6.45, 7) is 9.49. The molecule has 11 heteroatoms. The van der Waals surface area contributed by atoms with Crippen LogP contribution < -0.4 is 21.7 Å². The number of nitrogens with one attached hydrogen (secondary N) is 3. The molecule has 1 saturated carbocycles. The molecule has 1 aliphatic carbocycles. The number of hydrogen-bond donors (Lipinski definition) is 5. The van der Waals surface area contributed by atoms with Crippen molar-refractivity contribution in [2.75, 3.05) is 6.54 Å². The first-order valence-electron chi connectivity index (χ1n) is 11.8. The standard InChI is InChI=1S/C23H40N4O7/c1-6-13(2)18(27-22(33)34-23(3,4)5)20(30)25-12-14-7-9-15(10-8-14)19(29)26-16(21(31)32)11-17(24)28/h13-16,18H,6-12H2,1-5H3,(H2,24,28)(H,25,30)(H,26,29)(H,27,33)(H,31,32)/t13-,14?,15?,16-,18-/m0/s1. The zero-order chi connectivity index (χ0) is 26.1. The van der Waals surface area contributed by atoms with Gasteiger partial charge >= 0.3 is 12.1 Å². The number of amides is 4. The number of carbonyl (C=O) groups excluding carboxylic acids is 4. The molecule has 11 nitrogen and oxygen atoms in total. The Hall–Kier alpha value is -2.85. The van der Waals surface area contributed by atoms with E-state index in [2.05, 4.69) is 16.0 Å². The van der Waals surface area contributed by atoms with Gasteiger partial charge in [-0.25, -0.2) is 9.59 Å². The van der Waals surface area contributed by atoms with Gasteiger partial charge in [-0.15, -0.1) is 0 Å². The van der Waals surface area contributed by atoms with Gasteiger partial charge in [0.15, 0.2) is 0 Å². The van der Waals surface area contributed by atoms with E-state index in [9.17, 15) is 24.0 Å². The summed E-state index contributed by atoms with van der Waals surface area (Å²) < 4.78 is 5.27. The van der Waals surface area contributed by atoms with Crippen LogP contribution in [0.4, 0.5) is 4.79 Å². The Kier molecular flexibility index (Phi) is 11.3. The average molecular weight is 485 g/mol. The lowest BCUT2D eigenvalue weighted by atomic mass is 9.81. The molecule has 0 aromatic rings. The summed E-state index contributed by atoms with van der Waals surface area (Å²) >= 11 is 0. The number of aliphatic carboxylic acids is 1. The molecule has 4 amide bonds. The molecule has 0 bridgehead atoms. The molecule has 1 aliphatic rings. The van der Waals surface area contributed by atoms with Crippen molar-refractivity contribution in [3.05, 3.63) is 0 Å². The van der Waals surface area contributed by atoms with Crippen LogP contribution in [-0.2, 0) is 23.9 Å². The SMILES string of the molecule is CC[C@H](C)[C@H](NC(=O)OC(C)(C)C)C(=O)NCC1CCC(C(=O)N[C@@H](CC(N)=O)C(=O)O)CC1. The third-order valence-corrected chi connectivity index (χ3v) is 5.97. The minimum atomic E-state index is -1.34. The van der Waals surface area contributed by atoms with E-state index < -0.39 is 48.0 Å². The molecular weight excluding hydrogens is 444 g/mol. The van der Waals surface area contributed by atoms with Gasteiger partial charge in [0.2, 0.25) is 17.7 Å². The topological polar surface area (TPSA) is 177 Å². The lowest BCUT2D eigenvalue weighted by molar-refractivity contribution is -0.144. The van der Waals surface area contributed by atoms with Crippen LogP contribution in [-0.4, -0.2) is 59.1 Å². The highest BCUT2D eigenvalue weighted by molar-refractivity contribution is 5.89. The van der Waals surface area contributed by atoms with Crippen LogP contribution in [0.2, 0.25) is 0 Å². The molecule has 0 aromatic heterocycles. The Morgan fingerprint density at radius 2 is 1.65 bits per heavy atom. The van der Waals surface area contributed by atoms with E-state index in [4.69, 9.17) is 15.6 Å². The quantitative estimate of drug-likeness (QED) is 0.293. The summed E-state index contributed by atoms with van der Waals surface area (Å²) in [7, 11) is 0. The summed E-state index contributed by atoms with van der Waals surface area (Å²) in [4.78, 5) is 59.6. The first-order chi connectivity index (χ1) is 15.7. The molecule has 6 N–H and O–H groups in total. The largest absolute Gasteiger partial charge is 0.480 e. The number of ether oxygens (including phenoxy) is 1. The van der Waals surface area contributed by atoms with E-state index in [0.717, 1.165) is 0 Å². The van der Waals surface area contributed by atoms with Crippen molar-refractivity contribution in [3.8, 4) is 0 Å². The molecule has 0 aliphatic heterocycles. The number of alkyl carbamates (subject to hydrolysis) is 1. The molecule has 34 heavy (non-hydrogen) atoms. The van der Waals surface area contributed by atoms with Crippen LogP contribution >= 0.6 is 0 Å². The smallest absolute Gasteiger partial charge is 0.408 e. The third-order valence-electron chi connectivity index (χ3n) is 5.97. The normalized spacial score (nSPS) is 20.9. The van der Waals surface area contributed by atoms with Gasteiger partial charge in [-0.05, 0) is 58.3 Å². The Bertz CT molecular complexity index is 742. The highest BCUT2D eigenvalue weighted by Crippen LogP contribution is 2.28. The molecule has 1 rings (SSSR count). The number of rotatable bonds is 11. The molecule has 194 valence electrons. The Morgan fingerprint density at radius 3 is 2.12 bits per heavy atom. The lowest BCUT2D eigenvalue weighted by Crippen LogP contribution is -2.52. The first-order valence-corrected chi connectivity index (χ1v) is 11.8. The number of hydrogen-bond acceptors (Lipinski definition) is 6. The Morgan fingerprint density at radius 1 is 1.06 bits per heavy atom. The minimum absolute atomic E-state index is 0.0884. The maximum atomic E-state index is 12.8. The summed E-state index contributed by atoms with van der Waals surface area (Å²) in [6, 6.07) is -2.06. The van der Waals surface area contributed by atoms with Gasteiger partial charge in [0.1, 0.15) is 17.7 Å². The van der Waals surface area contributed by atoms with Crippen LogP contribution in [0, 0.1) is 17.8 Å². The molecule has 0 aromatic carbocycles. The number of carboxylic acid groups (broad SMARTS) is 1. The second-order valence-electron chi connectivity index (χ2n) is 10.0. The molecular formula is C23H40N4O7. The van der Waals surface area contributed by atoms with Crippen molar-refractivity contribution < 1.29 is 33.8 Å². The van der Waals surface area contributed by atoms with E-state index in [0.29, 0.717) is 38.6 Å². The predicted molar refractivity (Wildman–Crippen MR) is 124 cm³/mol. The van der Waals surface area contributed by atoms with Gasteiger partial charge in [0, 0.05) is 12.5 Å². The van der Waals surface area contributed by atoms with E-state index in [1.165, 1.54) is 0 Å². The predicted octanol–water partition coefficient (Wildman–Crippen LogP) is 1.29. The molecule has 1 fully saturated rings. The van der Waals surface area contributed by atoms with Crippen LogP contribution in [0.25, 0.3) is 0 Å². The minimum Gasteiger partial charge on any atom is -0.480 e. The fraction of sp³-hybridized carbons (Fsp3) is 0.783. The van der Waals surface area contributed by atoms with E-state index in [1.54, 1.807) is 20.8 Å². The monoisotopic (exact) mass is 484 g/mol. The second kappa shape index (κ2) is 13.1. The molecule has 0 radical (unpaired) electrons. The number of nitrogens with two attached hydrogens (primary N) is 1. The van der Waals surface area contributed by atoms with E-state index >= 15 is 0 Å². The summed E-state index contributed by atoms with van der Waals surface area (Å²) in [6.07, 6.45) is 2.04. The summed E-state index contributed by atoms with van der Waals surface area (Å²) in [5.41, 5.74) is 4.37. The fourth-order valence-electron chi connectivity index (χ4n) is 3.81. The molecule has 3 atom stereocenters. The molecule has 0 heterocycles. The van der Waals surface area contributed by atoms with Crippen molar-refractivity contribution in [1.82, 2.24) is 16.0 Å². The maximum absolute atomic E-state index is 12.8. The van der Waals surface area contributed by atoms with Gasteiger partial charge in [-0.3, -0.25) is 14.4 Å². The highest BCUT2D eigenvalue weighted by atomic mass is 16.6. The van der Waals surface area contributed by atoms with Gasteiger partial charge in [-0.1, -0.05) is 20.3 Å². The number of carbonyl (C=O) groups is 5. The Labute approximate surface area is 200 Å². The molecule has 0 saturated heterocycles. The van der Waals surface area contributed by atoms with Crippen LogP contribution in [0.5, 0.6) is 0 Å². The van der Waals surface area contributed by atoms with Crippen molar-refractivity contribution in [3.63, 3.8) is 0 Å². The maximum Gasteiger partial charge on any atom is 0.408 e. The van der Waals surface area contributed by atoms with Gasteiger partial charge in [0.25, 0.3) is 0 Å². The number of primary amides is 1. The van der Waals surface area contributed by atoms with Crippen LogP contribution in [0.1, 0.15) is 73.1 Å². The highest BCUT2D eigenvalue weighted by Gasteiger charge is 2.32. The zero-order valence-corrected chi connectivity index (χ0v) is 20.8. The molecule has 0 unspecified atom stereocenters. The zero-order valence-electron chi connectivity index (χ0n) is 20.8. The average Bonchev–Trinajstić information content (AvgIpc) is 2.73. The van der Waals surface area contributed by atoms with Gasteiger partial charge in [0.05, 0.1) is 6.42 Å². The fourth-order valence-corrected chi connectivity index (χ4v) is 3.81. The summed E-state index contributed by atoms with van der Waals surface area (Å²) in [5.74, 6) is -3.08. The second-order valence-corrected chi connectivity index (χ2v) is 10.0. The van der Waals surface area contributed by atoms with Gasteiger partial charge < -0.3 is 31.5 Å². The molecule has 0 spiro atoms. The van der Waals surface area contributed by atoms with Crippen molar-refractivity contribution >= 4 is 29.8 Å². The first kappa shape index (κ1) is 29.2. The van der Waals surface area contributed by atoms with Crippen molar-refractivity contribution in [2.24, 2.45) is 23.5 Å². The summed E-state index contributed by atoms with van der Waals surface area (Å²) in [5, 5.41) is 17.1. The van der Waals surface area contributed by atoms with E-state index in [-0.39, 0.29) is 23.7 Å². The van der Waals surface area contributed by atoms with Gasteiger partial charge in [-0.2, -0.15) is 0 Å². The Balaban J connectivity index is 2.55.